The fourth-order valence-corrected chi connectivity index (χ4v) is 2.14. The Balaban J connectivity index is 1.88. The summed E-state index contributed by atoms with van der Waals surface area (Å²) >= 11 is 0. The Labute approximate surface area is 101 Å². The maximum atomic E-state index is 11.7. The number of carbonyl (C=O) groups is 1. The van der Waals surface area contributed by atoms with Gasteiger partial charge in [-0.1, -0.05) is 12.8 Å². The molecule has 0 bridgehead atoms. The zero-order valence-corrected chi connectivity index (χ0v) is 9.65. The Morgan fingerprint density at radius 1 is 1.47 bits per heavy atom. The molecule has 1 N–H and O–H groups in total. The zero-order valence-electron chi connectivity index (χ0n) is 9.65. The molecule has 0 spiro atoms. The lowest BCUT2D eigenvalue weighted by molar-refractivity contribution is 0.0942. The van der Waals surface area contributed by atoms with Gasteiger partial charge in [0.2, 0.25) is 0 Å². The predicted octanol–water partition coefficient (Wildman–Crippen LogP) is 1.87. The minimum absolute atomic E-state index is 0.151. The predicted molar refractivity (Wildman–Crippen MR) is 63.2 cm³/mol. The van der Waals surface area contributed by atoms with E-state index in [2.05, 4.69) is 10.3 Å². The van der Waals surface area contributed by atoms with Crippen LogP contribution in [0.25, 0.3) is 0 Å². The maximum Gasteiger partial charge on any atom is 0.269 e. The minimum Gasteiger partial charge on any atom is -0.350 e. The van der Waals surface area contributed by atoms with Gasteiger partial charge >= 0.3 is 0 Å². The van der Waals surface area contributed by atoms with Gasteiger partial charge in [0.25, 0.3) is 5.91 Å². The highest BCUT2D eigenvalue weighted by molar-refractivity contribution is 5.92. The van der Waals surface area contributed by atoms with Crippen molar-refractivity contribution in [3.63, 3.8) is 0 Å². The molecule has 1 aromatic heterocycles. The van der Waals surface area contributed by atoms with Crippen molar-refractivity contribution in [2.24, 2.45) is 5.92 Å². The van der Waals surface area contributed by atoms with Gasteiger partial charge in [-0.15, -0.1) is 0 Å². The Kier molecular flexibility index (Phi) is 3.71. The normalized spacial score (nSPS) is 15.5. The Hall–Kier alpha value is -1.89. The Morgan fingerprint density at radius 2 is 2.24 bits per heavy atom. The SMILES string of the molecule is N#Cc1ccc(C(=O)NCC2CCCC2)nc1. The molecule has 0 atom stereocenters. The molecule has 1 aliphatic carbocycles. The second-order valence-electron chi connectivity index (χ2n) is 4.40. The Morgan fingerprint density at radius 3 is 2.82 bits per heavy atom. The fraction of sp³-hybridized carbons (Fsp3) is 0.462. The van der Waals surface area contributed by atoms with Crippen molar-refractivity contribution in [1.29, 1.82) is 5.26 Å². The van der Waals surface area contributed by atoms with Gasteiger partial charge in [0.05, 0.1) is 5.56 Å². The molecule has 88 valence electrons. The topological polar surface area (TPSA) is 65.8 Å². The summed E-state index contributed by atoms with van der Waals surface area (Å²) in [5.41, 5.74) is 0.847. The maximum absolute atomic E-state index is 11.7. The molecule has 1 amide bonds. The van der Waals surface area contributed by atoms with Gasteiger partial charge < -0.3 is 5.32 Å². The van der Waals surface area contributed by atoms with Crippen LogP contribution >= 0.6 is 0 Å². The molecule has 0 unspecified atom stereocenters. The molecule has 4 heteroatoms. The van der Waals surface area contributed by atoms with Crippen LogP contribution < -0.4 is 5.32 Å². The van der Waals surface area contributed by atoms with Crippen molar-refractivity contribution in [2.45, 2.75) is 25.7 Å². The number of carbonyl (C=O) groups excluding carboxylic acids is 1. The van der Waals surface area contributed by atoms with E-state index in [1.54, 1.807) is 12.1 Å². The van der Waals surface area contributed by atoms with Crippen LogP contribution in [0.4, 0.5) is 0 Å². The number of aromatic nitrogens is 1. The molecule has 1 heterocycles. The lowest BCUT2D eigenvalue weighted by Gasteiger charge is -2.09. The third-order valence-corrected chi connectivity index (χ3v) is 3.15. The average Bonchev–Trinajstić information content (AvgIpc) is 2.89. The molecule has 0 saturated heterocycles. The van der Waals surface area contributed by atoms with Crippen LogP contribution in [0.1, 0.15) is 41.7 Å². The number of amides is 1. The van der Waals surface area contributed by atoms with E-state index in [4.69, 9.17) is 5.26 Å². The minimum atomic E-state index is -0.151. The average molecular weight is 229 g/mol. The highest BCUT2D eigenvalue weighted by Gasteiger charge is 2.16. The molecule has 1 fully saturated rings. The number of nitrogens with one attached hydrogen (secondary N) is 1. The molecular weight excluding hydrogens is 214 g/mol. The molecule has 17 heavy (non-hydrogen) atoms. The van der Waals surface area contributed by atoms with Crippen molar-refractivity contribution < 1.29 is 4.79 Å². The number of nitriles is 1. The van der Waals surface area contributed by atoms with Gasteiger partial charge in [0, 0.05) is 12.7 Å². The van der Waals surface area contributed by atoms with Crippen LogP contribution in [0.15, 0.2) is 18.3 Å². The summed E-state index contributed by atoms with van der Waals surface area (Å²) in [6, 6.07) is 5.17. The summed E-state index contributed by atoms with van der Waals surface area (Å²) in [6.07, 6.45) is 6.39. The molecule has 2 rings (SSSR count). The van der Waals surface area contributed by atoms with Crippen molar-refractivity contribution in [3.8, 4) is 6.07 Å². The standard InChI is InChI=1S/C13H15N3O/c14-7-11-5-6-12(15-9-11)13(17)16-8-10-3-1-2-4-10/h5-6,9-10H,1-4,8H2,(H,16,17). The number of pyridine rings is 1. The van der Waals surface area contributed by atoms with Gasteiger partial charge in [0.15, 0.2) is 0 Å². The summed E-state index contributed by atoms with van der Waals surface area (Å²) in [4.78, 5) is 15.7. The third kappa shape index (κ3) is 3.04. The van der Waals surface area contributed by atoms with Crippen LogP contribution in [-0.2, 0) is 0 Å². The van der Waals surface area contributed by atoms with E-state index >= 15 is 0 Å². The first kappa shape index (κ1) is 11.6. The van der Waals surface area contributed by atoms with E-state index in [-0.39, 0.29) is 5.91 Å². The molecule has 0 aromatic carbocycles. The summed E-state index contributed by atoms with van der Waals surface area (Å²) in [5, 5.41) is 11.5. The van der Waals surface area contributed by atoms with Gasteiger partial charge in [-0.2, -0.15) is 5.26 Å². The smallest absolute Gasteiger partial charge is 0.269 e. The van der Waals surface area contributed by atoms with E-state index in [0.717, 1.165) is 6.54 Å². The Bertz CT molecular complexity index is 427. The molecule has 0 radical (unpaired) electrons. The van der Waals surface area contributed by atoms with Crippen molar-refractivity contribution in [1.82, 2.24) is 10.3 Å². The van der Waals surface area contributed by atoms with E-state index in [9.17, 15) is 4.79 Å². The second-order valence-corrected chi connectivity index (χ2v) is 4.40. The van der Waals surface area contributed by atoms with Crippen LogP contribution in [0.5, 0.6) is 0 Å². The van der Waals surface area contributed by atoms with Gasteiger partial charge in [-0.3, -0.25) is 4.79 Å². The summed E-state index contributed by atoms with van der Waals surface area (Å²) in [6.45, 7) is 0.737. The first-order chi connectivity index (χ1) is 8.29. The number of hydrogen-bond donors (Lipinski definition) is 1. The quantitative estimate of drug-likeness (QED) is 0.860. The molecule has 1 aliphatic rings. The largest absolute Gasteiger partial charge is 0.350 e. The van der Waals surface area contributed by atoms with Gasteiger partial charge in [-0.05, 0) is 30.9 Å². The lowest BCUT2D eigenvalue weighted by Crippen LogP contribution is -2.28. The number of hydrogen-bond acceptors (Lipinski definition) is 3. The van der Waals surface area contributed by atoms with Crippen molar-refractivity contribution >= 4 is 5.91 Å². The molecule has 1 saturated carbocycles. The van der Waals surface area contributed by atoms with Gasteiger partial charge in [0.1, 0.15) is 11.8 Å². The van der Waals surface area contributed by atoms with E-state index in [1.165, 1.54) is 31.9 Å². The molecule has 0 aliphatic heterocycles. The van der Waals surface area contributed by atoms with E-state index in [1.807, 2.05) is 6.07 Å². The lowest BCUT2D eigenvalue weighted by atomic mass is 10.1. The van der Waals surface area contributed by atoms with Crippen LogP contribution in [0.2, 0.25) is 0 Å². The number of rotatable bonds is 3. The third-order valence-electron chi connectivity index (χ3n) is 3.15. The van der Waals surface area contributed by atoms with E-state index < -0.39 is 0 Å². The van der Waals surface area contributed by atoms with Crippen molar-refractivity contribution in [3.05, 3.63) is 29.6 Å². The zero-order chi connectivity index (χ0) is 12.1. The molecule has 1 aromatic rings. The van der Waals surface area contributed by atoms with Crippen LogP contribution in [-0.4, -0.2) is 17.4 Å². The molecular formula is C13H15N3O. The summed E-state index contributed by atoms with van der Waals surface area (Å²) < 4.78 is 0. The van der Waals surface area contributed by atoms with E-state index in [0.29, 0.717) is 17.2 Å². The first-order valence-corrected chi connectivity index (χ1v) is 5.94. The molecule has 4 nitrogen and oxygen atoms in total. The van der Waals surface area contributed by atoms with Crippen LogP contribution in [0, 0.1) is 17.2 Å². The highest BCUT2D eigenvalue weighted by Crippen LogP contribution is 2.23. The monoisotopic (exact) mass is 229 g/mol. The van der Waals surface area contributed by atoms with Crippen molar-refractivity contribution in [2.75, 3.05) is 6.54 Å². The fourth-order valence-electron chi connectivity index (χ4n) is 2.14. The second kappa shape index (κ2) is 5.44. The van der Waals surface area contributed by atoms with Gasteiger partial charge in [-0.25, -0.2) is 4.98 Å². The first-order valence-electron chi connectivity index (χ1n) is 5.94. The summed E-state index contributed by atoms with van der Waals surface area (Å²) in [5.74, 6) is 0.471. The summed E-state index contributed by atoms with van der Waals surface area (Å²) in [7, 11) is 0. The number of nitrogens with zero attached hydrogens (tertiary/aromatic N) is 2. The highest BCUT2D eigenvalue weighted by atomic mass is 16.1. The van der Waals surface area contributed by atoms with Crippen LogP contribution in [0.3, 0.4) is 0 Å².